The Hall–Kier alpha value is -1.93. The Kier molecular flexibility index (Phi) is 6.64. The summed E-state index contributed by atoms with van der Waals surface area (Å²) in [5.74, 6) is -0.924. The molecule has 1 aliphatic rings. The number of rotatable bonds is 5. The van der Waals surface area contributed by atoms with E-state index in [2.05, 4.69) is 0 Å². The monoisotopic (exact) mass is 396 g/mol. The lowest BCUT2D eigenvalue weighted by molar-refractivity contribution is -0.140. The van der Waals surface area contributed by atoms with Crippen LogP contribution in [0.4, 0.5) is 0 Å². The highest BCUT2D eigenvalue weighted by Gasteiger charge is 2.29. The second kappa shape index (κ2) is 8.39. The molecule has 1 aromatic carbocycles. The summed E-state index contributed by atoms with van der Waals surface area (Å²) in [4.78, 5) is 26.7. The first-order chi connectivity index (χ1) is 12.6. The highest BCUT2D eigenvalue weighted by atomic mass is 32.2. The maximum Gasteiger partial charge on any atom is 0.338 e. The fourth-order valence-corrected chi connectivity index (χ4v) is 4.31. The average Bonchev–Trinajstić information content (AvgIpc) is 2.59. The van der Waals surface area contributed by atoms with E-state index in [1.54, 1.807) is 17.9 Å². The highest BCUT2D eigenvalue weighted by molar-refractivity contribution is 7.89. The Bertz CT molecular complexity index is 809. The van der Waals surface area contributed by atoms with E-state index in [1.807, 2.05) is 13.8 Å². The van der Waals surface area contributed by atoms with E-state index in [9.17, 15) is 18.0 Å². The summed E-state index contributed by atoms with van der Waals surface area (Å²) in [6.45, 7) is 5.33. The number of hydrogen-bond donors (Lipinski definition) is 0. The minimum Gasteiger partial charge on any atom is -0.452 e. The summed E-state index contributed by atoms with van der Waals surface area (Å²) >= 11 is 0. The van der Waals surface area contributed by atoms with Gasteiger partial charge in [-0.05, 0) is 57.7 Å². The van der Waals surface area contributed by atoms with Gasteiger partial charge < -0.3 is 9.64 Å². The molecule has 1 aliphatic heterocycles. The zero-order chi connectivity index (χ0) is 20.4. The van der Waals surface area contributed by atoms with E-state index in [0.29, 0.717) is 5.56 Å². The summed E-state index contributed by atoms with van der Waals surface area (Å²) in [5, 5.41) is 0. The van der Waals surface area contributed by atoms with Crippen molar-refractivity contribution in [2.24, 2.45) is 0 Å². The Balaban J connectivity index is 2.13. The van der Waals surface area contributed by atoms with Crippen molar-refractivity contribution in [1.82, 2.24) is 9.21 Å². The fourth-order valence-electron chi connectivity index (χ4n) is 3.38. The van der Waals surface area contributed by atoms with Crippen molar-refractivity contribution in [2.45, 2.75) is 57.0 Å². The van der Waals surface area contributed by atoms with Crippen molar-refractivity contribution < 1.29 is 22.7 Å². The molecule has 150 valence electrons. The molecule has 1 aromatic rings. The SMILES string of the molecule is Cc1ccc(S(=O)(=O)N(C)C)cc1C(=O)OCC(=O)N1[C@H](C)CCC[C@@H]1C. The Labute approximate surface area is 161 Å². The number of benzene rings is 1. The lowest BCUT2D eigenvalue weighted by Crippen LogP contribution is -2.49. The van der Waals surface area contributed by atoms with E-state index in [1.165, 1.54) is 26.2 Å². The van der Waals surface area contributed by atoms with E-state index < -0.39 is 16.0 Å². The van der Waals surface area contributed by atoms with Gasteiger partial charge in [0.2, 0.25) is 10.0 Å². The van der Waals surface area contributed by atoms with Crippen LogP contribution < -0.4 is 0 Å². The van der Waals surface area contributed by atoms with Gasteiger partial charge in [0.25, 0.3) is 5.91 Å². The van der Waals surface area contributed by atoms with Gasteiger partial charge in [0.1, 0.15) is 0 Å². The normalized spacial score (nSPS) is 20.6. The second-order valence-electron chi connectivity index (χ2n) is 7.27. The van der Waals surface area contributed by atoms with Crippen LogP contribution in [-0.2, 0) is 19.6 Å². The van der Waals surface area contributed by atoms with Gasteiger partial charge in [-0.1, -0.05) is 6.07 Å². The molecule has 0 spiro atoms. The highest BCUT2D eigenvalue weighted by Crippen LogP contribution is 2.23. The van der Waals surface area contributed by atoms with E-state index >= 15 is 0 Å². The van der Waals surface area contributed by atoms with Crippen LogP contribution in [0.5, 0.6) is 0 Å². The van der Waals surface area contributed by atoms with Gasteiger partial charge in [0.05, 0.1) is 10.5 Å². The molecule has 1 fully saturated rings. The Morgan fingerprint density at radius 3 is 2.33 bits per heavy atom. The summed E-state index contributed by atoms with van der Waals surface area (Å²) in [5.41, 5.74) is 0.732. The molecule has 0 aliphatic carbocycles. The largest absolute Gasteiger partial charge is 0.452 e. The third-order valence-corrected chi connectivity index (χ3v) is 6.83. The second-order valence-corrected chi connectivity index (χ2v) is 9.42. The molecule has 2 rings (SSSR count). The average molecular weight is 397 g/mol. The minimum atomic E-state index is -3.66. The number of carbonyl (C=O) groups excluding carboxylic acids is 2. The maximum atomic E-state index is 12.5. The third-order valence-electron chi connectivity index (χ3n) is 5.02. The number of nitrogens with zero attached hydrogens (tertiary/aromatic N) is 2. The summed E-state index contributed by atoms with van der Waals surface area (Å²) in [6, 6.07) is 4.54. The van der Waals surface area contributed by atoms with Gasteiger partial charge in [-0.15, -0.1) is 0 Å². The van der Waals surface area contributed by atoms with Crippen LogP contribution in [0.2, 0.25) is 0 Å². The molecular weight excluding hydrogens is 368 g/mol. The third kappa shape index (κ3) is 4.68. The molecule has 0 N–H and O–H groups in total. The Morgan fingerprint density at radius 1 is 1.19 bits per heavy atom. The molecule has 8 heteroatoms. The molecular formula is C19H28N2O5S. The lowest BCUT2D eigenvalue weighted by Gasteiger charge is -2.38. The van der Waals surface area contributed by atoms with E-state index in [4.69, 9.17) is 4.74 Å². The smallest absolute Gasteiger partial charge is 0.338 e. The molecule has 1 amide bonds. The quantitative estimate of drug-likeness (QED) is 0.713. The molecule has 27 heavy (non-hydrogen) atoms. The molecule has 0 saturated carbocycles. The number of likely N-dealkylation sites (tertiary alicyclic amines) is 1. The van der Waals surface area contributed by atoms with Gasteiger partial charge >= 0.3 is 5.97 Å². The van der Waals surface area contributed by atoms with Crippen molar-refractivity contribution >= 4 is 21.9 Å². The van der Waals surface area contributed by atoms with Crippen LogP contribution in [0.3, 0.4) is 0 Å². The van der Waals surface area contributed by atoms with Gasteiger partial charge in [-0.3, -0.25) is 4.79 Å². The van der Waals surface area contributed by atoms with Crippen molar-refractivity contribution in [1.29, 1.82) is 0 Å². The van der Waals surface area contributed by atoms with Crippen LogP contribution >= 0.6 is 0 Å². The standard InChI is InChI=1S/C19H28N2O5S/c1-13-9-10-16(27(24,25)20(4)5)11-17(13)19(23)26-12-18(22)21-14(2)7-6-8-15(21)3/h9-11,14-15H,6-8,12H2,1-5H3/t14-,15+. The van der Waals surface area contributed by atoms with Crippen molar-refractivity contribution in [3.8, 4) is 0 Å². The van der Waals surface area contributed by atoms with Crippen LogP contribution in [0, 0.1) is 6.92 Å². The summed E-state index contributed by atoms with van der Waals surface area (Å²) in [7, 11) is -0.815. The number of sulfonamides is 1. The van der Waals surface area contributed by atoms with Crippen LogP contribution in [-0.4, -0.2) is 62.3 Å². The Morgan fingerprint density at radius 2 is 1.78 bits per heavy atom. The van der Waals surface area contributed by atoms with Gasteiger partial charge in [-0.2, -0.15) is 0 Å². The molecule has 0 aromatic heterocycles. The van der Waals surface area contributed by atoms with E-state index in [0.717, 1.165) is 23.6 Å². The molecule has 7 nitrogen and oxygen atoms in total. The number of amides is 1. The predicted octanol–water partition coefficient (Wildman–Crippen LogP) is 2.19. The molecule has 0 bridgehead atoms. The zero-order valence-electron chi connectivity index (χ0n) is 16.6. The number of esters is 1. The van der Waals surface area contributed by atoms with Gasteiger partial charge in [0, 0.05) is 26.2 Å². The first kappa shape index (κ1) is 21.4. The van der Waals surface area contributed by atoms with Crippen LogP contribution in [0.1, 0.15) is 49.0 Å². The van der Waals surface area contributed by atoms with Crippen molar-refractivity contribution in [3.63, 3.8) is 0 Å². The summed E-state index contributed by atoms with van der Waals surface area (Å²) in [6.07, 6.45) is 2.96. The summed E-state index contributed by atoms with van der Waals surface area (Å²) < 4.78 is 30.8. The van der Waals surface area contributed by atoms with Crippen LogP contribution in [0.15, 0.2) is 23.1 Å². The van der Waals surface area contributed by atoms with Crippen molar-refractivity contribution in [2.75, 3.05) is 20.7 Å². The first-order valence-corrected chi connectivity index (χ1v) is 10.5. The van der Waals surface area contributed by atoms with E-state index in [-0.39, 0.29) is 35.1 Å². The predicted molar refractivity (Wildman–Crippen MR) is 102 cm³/mol. The fraction of sp³-hybridized carbons (Fsp3) is 0.579. The van der Waals surface area contributed by atoms with Crippen molar-refractivity contribution in [3.05, 3.63) is 29.3 Å². The van der Waals surface area contributed by atoms with Crippen LogP contribution in [0.25, 0.3) is 0 Å². The van der Waals surface area contributed by atoms with Gasteiger partial charge in [0.15, 0.2) is 6.61 Å². The molecule has 0 unspecified atom stereocenters. The topological polar surface area (TPSA) is 84.0 Å². The minimum absolute atomic E-state index is 0.00894. The molecule has 2 atom stereocenters. The first-order valence-electron chi connectivity index (χ1n) is 9.07. The number of hydrogen-bond acceptors (Lipinski definition) is 5. The lowest BCUT2D eigenvalue weighted by atomic mass is 9.97. The number of carbonyl (C=O) groups is 2. The molecule has 0 radical (unpaired) electrons. The molecule has 1 saturated heterocycles. The maximum absolute atomic E-state index is 12.5. The molecule has 1 heterocycles. The zero-order valence-corrected chi connectivity index (χ0v) is 17.4. The number of piperidine rings is 1. The number of ether oxygens (including phenoxy) is 1. The van der Waals surface area contributed by atoms with Gasteiger partial charge in [-0.25, -0.2) is 17.5 Å². The number of aryl methyl sites for hydroxylation is 1.